The predicted molar refractivity (Wildman–Crippen MR) is 75.1 cm³/mol. The van der Waals surface area contributed by atoms with E-state index in [1.165, 1.54) is 0 Å². The second kappa shape index (κ2) is 5.84. The van der Waals surface area contributed by atoms with Crippen LogP contribution in [0.3, 0.4) is 0 Å². The van der Waals surface area contributed by atoms with Crippen LogP contribution in [0.5, 0.6) is 0 Å². The molecule has 0 heterocycles. The van der Waals surface area contributed by atoms with Gasteiger partial charge in [0.15, 0.2) is 5.84 Å². The Morgan fingerprint density at radius 2 is 1.50 bits per heavy atom. The van der Waals surface area contributed by atoms with E-state index in [-0.39, 0.29) is 6.67 Å². The lowest BCUT2D eigenvalue weighted by atomic mass is 10.2. The summed E-state index contributed by atoms with van der Waals surface area (Å²) < 4.78 is 0. The first kappa shape index (κ1) is 12.1. The van der Waals surface area contributed by atoms with Crippen molar-refractivity contribution in [2.75, 3.05) is 11.7 Å². The molecule has 0 unspecified atom stereocenters. The van der Waals surface area contributed by atoms with Gasteiger partial charge in [-0.25, -0.2) is 5.01 Å². The summed E-state index contributed by atoms with van der Waals surface area (Å²) in [4.78, 5) is 0. The predicted octanol–water partition coefficient (Wildman–Crippen LogP) is 1.73. The normalized spacial score (nSPS) is 11.3. The molecule has 4 nitrogen and oxygen atoms in total. The lowest BCUT2D eigenvalue weighted by molar-refractivity contribution is 0.864. The number of nitrogens with zero attached hydrogens (tertiary/aromatic N) is 2. The molecule has 2 aromatic rings. The van der Waals surface area contributed by atoms with Crippen LogP contribution in [-0.4, -0.2) is 12.5 Å². The highest BCUT2D eigenvalue weighted by atomic mass is 15.5. The van der Waals surface area contributed by atoms with E-state index in [9.17, 15) is 0 Å². The first-order chi connectivity index (χ1) is 8.81. The Morgan fingerprint density at radius 3 is 2.06 bits per heavy atom. The third-order valence-corrected chi connectivity index (χ3v) is 2.53. The van der Waals surface area contributed by atoms with E-state index >= 15 is 0 Å². The van der Waals surface area contributed by atoms with E-state index in [0.717, 1.165) is 11.3 Å². The van der Waals surface area contributed by atoms with Crippen molar-refractivity contribution < 1.29 is 0 Å². The van der Waals surface area contributed by atoms with Crippen molar-refractivity contribution in [1.82, 2.24) is 0 Å². The van der Waals surface area contributed by atoms with Crippen LogP contribution in [0.1, 0.15) is 5.56 Å². The summed E-state index contributed by atoms with van der Waals surface area (Å²) in [6.07, 6.45) is 0. The molecule has 0 amide bonds. The van der Waals surface area contributed by atoms with Gasteiger partial charge in [0.25, 0.3) is 0 Å². The van der Waals surface area contributed by atoms with Gasteiger partial charge in [-0.3, -0.25) is 0 Å². The fourth-order valence-electron chi connectivity index (χ4n) is 1.60. The number of anilines is 1. The van der Waals surface area contributed by atoms with E-state index in [4.69, 9.17) is 11.5 Å². The van der Waals surface area contributed by atoms with Crippen LogP contribution in [0.2, 0.25) is 0 Å². The quantitative estimate of drug-likeness (QED) is 0.370. The smallest absolute Gasteiger partial charge is 0.151 e. The number of rotatable bonds is 4. The standard InChI is InChI=1S/C14H16N4/c15-11-18(13-9-5-2-6-10-13)17-14(16)12-7-3-1-4-8-12/h1-10H,11,15H2,(H2,16,17). The second-order valence-corrected chi connectivity index (χ2v) is 3.77. The van der Waals surface area contributed by atoms with E-state index in [2.05, 4.69) is 5.10 Å². The lowest BCUT2D eigenvalue weighted by Crippen LogP contribution is -2.28. The minimum atomic E-state index is 0.275. The van der Waals surface area contributed by atoms with Crippen LogP contribution in [0.15, 0.2) is 65.8 Å². The molecule has 0 saturated heterocycles. The summed E-state index contributed by atoms with van der Waals surface area (Å²) in [6, 6.07) is 19.3. The number of benzene rings is 2. The Kier molecular flexibility index (Phi) is 3.94. The number of amidine groups is 1. The van der Waals surface area contributed by atoms with E-state index in [1.54, 1.807) is 5.01 Å². The summed E-state index contributed by atoms with van der Waals surface area (Å²) in [5, 5.41) is 6.01. The minimum Gasteiger partial charge on any atom is -0.382 e. The van der Waals surface area contributed by atoms with E-state index in [0.29, 0.717) is 5.84 Å². The Bertz CT molecular complexity index is 508. The Labute approximate surface area is 107 Å². The summed E-state index contributed by atoms with van der Waals surface area (Å²) in [5.74, 6) is 0.449. The summed E-state index contributed by atoms with van der Waals surface area (Å²) >= 11 is 0. The number of hydrogen-bond donors (Lipinski definition) is 2. The van der Waals surface area contributed by atoms with Crippen LogP contribution < -0.4 is 16.5 Å². The third-order valence-electron chi connectivity index (χ3n) is 2.53. The Balaban J connectivity index is 2.25. The zero-order chi connectivity index (χ0) is 12.8. The van der Waals surface area contributed by atoms with Gasteiger partial charge < -0.3 is 11.5 Å². The van der Waals surface area contributed by atoms with Gasteiger partial charge in [-0.1, -0.05) is 48.5 Å². The second-order valence-electron chi connectivity index (χ2n) is 3.77. The highest BCUT2D eigenvalue weighted by molar-refractivity contribution is 5.97. The van der Waals surface area contributed by atoms with Gasteiger partial charge in [0, 0.05) is 5.56 Å². The fourth-order valence-corrected chi connectivity index (χ4v) is 1.60. The number of nitrogens with two attached hydrogens (primary N) is 2. The minimum absolute atomic E-state index is 0.275. The highest BCUT2D eigenvalue weighted by Crippen LogP contribution is 2.12. The van der Waals surface area contributed by atoms with Crippen LogP contribution >= 0.6 is 0 Å². The number of para-hydroxylation sites is 1. The Morgan fingerprint density at radius 1 is 0.944 bits per heavy atom. The van der Waals surface area contributed by atoms with Crippen LogP contribution in [0.25, 0.3) is 0 Å². The molecule has 0 saturated carbocycles. The molecule has 92 valence electrons. The van der Waals surface area contributed by atoms with Crippen molar-refractivity contribution in [1.29, 1.82) is 0 Å². The average Bonchev–Trinajstić information content (AvgIpc) is 2.46. The molecule has 0 aliphatic carbocycles. The number of hydrazone groups is 1. The summed E-state index contributed by atoms with van der Waals surface area (Å²) in [7, 11) is 0. The molecular weight excluding hydrogens is 224 g/mol. The van der Waals surface area contributed by atoms with Crippen molar-refractivity contribution in [3.8, 4) is 0 Å². The molecule has 4 heteroatoms. The van der Waals surface area contributed by atoms with Crippen molar-refractivity contribution in [3.63, 3.8) is 0 Å². The lowest BCUT2D eigenvalue weighted by Gasteiger charge is -2.17. The molecule has 0 spiro atoms. The largest absolute Gasteiger partial charge is 0.382 e. The molecule has 18 heavy (non-hydrogen) atoms. The van der Waals surface area contributed by atoms with Gasteiger partial charge >= 0.3 is 0 Å². The summed E-state index contributed by atoms with van der Waals surface area (Å²) in [5.41, 5.74) is 13.5. The van der Waals surface area contributed by atoms with Crippen molar-refractivity contribution in [3.05, 3.63) is 66.2 Å². The summed E-state index contributed by atoms with van der Waals surface area (Å²) in [6.45, 7) is 0.275. The Hall–Kier alpha value is -2.33. The molecule has 2 rings (SSSR count). The van der Waals surface area contributed by atoms with Crippen LogP contribution in [0, 0.1) is 0 Å². The zero-order valence-corrected chi connectivity index (χ0v) is 10.0. The molecule has 0 aromatic heterocycles. The average molecular weight is 240 g/mol. The maximum absolute atomic E-state index is 5.96. The maximum Gasteiger partial charge on any atom is 0.151 e. The van der Waals surface area contributed by atoms with Crippen LogP contribution in [-0.2, 0) is 0 Å². The van der Waals surface area contributed by atoms with Gasteiger partial charge in [0.2, 0.25) is 0 Å². The molecule has 0 bridgehead atoms. The maximum atomic E-state index is 5.96. The molecule has 0 radical (unpaired) electrons. The topological polar surface area (TPSA) is 67.6 Å². The van der Waals surface area contributed by atoms with Gasteiger partial charge in [-0.05, 0) is 12.1 Å². The molecule has 0 fully saturated rings. The highest BCUT2D eigenvalue weighted by Gasteiger charge is 2.04. The van der Waals surface area contributed by atoms with Crippen molar-refractivity contribution >= 4 is 11.5 Å². The molecule has 2 aromatic carbocycles. The molecule has 4 N–H and O–H groups in total. The van der Waals surface area contributed by atoms with Gasteiger partial charge in [0.1, 0.15) is 0 Å². The fraction of sp³-hybridized carbons (Fsp3) is 0.0714. The van der Waals surface area contributed by atoms with Gasteiger partial charge in [-0.2, -0.15) is 5.10 Å². The zero-order valence-electron chi connectivity index (χ0n) is 10.0. The van der Waals surface area contributed by atoms with Crippen molar-refractivity contribution in [2.45, 2.75) is 0 Å². The molecule has 0 aliphatic heterocycles. The van der Waals surface area contributed by atoms with E-state index in [1.807, 2.05) is 60.7 Å². The first-order valence-corrected chi connectivity index (χ1v) is 5.73. The van der Waals surface area contributed by atoms with Crippen LogP contribution in [0.4, 0.5) is 5.69 Å². The van der Waals surface area contributed by atoms with Gasteiger partial charge in [-0.15, -0.1) is 0 Å². The molecular formula is C14H16N4. The third kappa shape index (κ3) is 2.87. The van der Waals surface area contributed by atoms with E-state index < -0.39 is 0 Å². The molecule has 0 atom stereocenters. The SMILES string of the molecule is NCN(/N=C(\N)c1ccccc1)c1ccccc1. The van der Waals surface area contributed by atoms with Crippen molar-refractivity contribution in [2.24, 2.45) is 16.6 Å². The monoisotopic (exact) mass is 240 g/mol. The molecule has 0 aliphatic rings. The first-order valence-electron chi connectivity index (χ1n) is 5.73. The van der Waals surface area contributed by atoms with Gasteiger partial charge in [0.05, 0.1) is 12.4 Å². The number of hydrogen-bond acceptors (Lipinski definition) is 3.